The maximum Gasteiger partial charge on any atom is 0.306 e. The molecule has 1 aliphatic carbocycles. The van der Waals surface area contributed by atoms with E-state index < -0.39 is 0 Å². The normalized spacial score (nSPS) is 16.4. The number of rotatable bonds is 4. The van der Waals surface area contributed by atoms with Crippen molar-refractivity contribution in [3.63, 3.8) is 0 Å². The molecule has 1 saturated carbocycles. The first-order chi connectivity index (χ1) is 8.74. The van der Waals surface area contributed by atoms with Crippen molar-refractivity contribution < 1.29 is 9.53 Å². The van der Waals surface area contributed by atoms with Gasteiger partial charge < -0.3 is 10.5 Å². The van der Waals surface area contributed by atoms with Gasteiger partial charge in [0.25, 0.3) is 0 Å². The first-order valence-electron chi connectivity index (χ1n) is 6.78. The lowest BCUT2D eigenvalue weighted by atomic mass is 9.98. The topological polar surface area (TPSA) is 52.3 Å². The Bertz CT molecular complexity index is 380. The molecule has 1 fully saturated rings. The minimum absolute atomic E-state index is 0.0706. The van der Waals surface area contributed by atoms with Gasteiger partial charge in [0.15, 0.2) is 0 Å². The summed E-state index contributed by atoms with van der Waals surface area (Å²) in [7, 11) is 0. The Morgan fingerprint density at radius 3 is 2.50 bits per heavy atom. The van der Waals surface area contributed by atoms with Crippen molar-refractivity contribution in [3.05, 3.63) is 29.8 Å². The maximum atomic E-state index is 11.7. The van der Waals surface area contributed by atoms with Gasteiger partial charge in [0, 0.05) is 12.1 Å². The van der Waals surface area contributed by atoms with E-state index in [1.54, 1.807) is 0 Å². The van der Waals surface area contributed by atoms with Gasteiger partial charge in [-0.25, -0.2) is 0 Å². The minimum Gasteiger partial charge on any atom is -0.462 e. The first kappa shape index (κ1) is 12.9. The van der Waals surface area contributed by atoms with Crippen LogP contribution in [0.25, 0.3) is 0 Å². The number of nitrogen functional groups attached to an aromatic ring is 1. The van der Waals surface area contributed by atoms with Gasteiger partial charge in [-0.15, -0.1) is 0 Å². The first-order valence-corrected chi connectivity index (χ1v) is 6.78. The van der Waals surface area contributed by atoms with Crippen LogP contribution in [0.2, 0.25) is 0 Å². The van der Waals surface area contributed by atoms with Crippen molar-refractivity contribution in [1.82, 2.24) is 0 Å². The molecule has 0 saturated heterocycles. The van der Waals surface area contributed by atoms with Crippen LogP contribution in [-0.4, -0.2) is 12.1 Å². The molecule has 3 nitrogen and oxygen atoms in total. The average Bonchev–Trinajstić information content (AvgIpc) is 2.39. The number of hydrogen-bond donors (Lipinski definition) is 1. The Kier molecular flexibility index (Phi) is 4.62. The second-order valence-corrected chi connectivity index (χ2v) is 4.99. The second kappa shape index (κ2) is 6.43. The highest BCUT2D eigenvalue weighted by Crippen LogP contribution is 2.20. The Morgan fingerprint density at radius 2 is 1.83 bits per heavy atom. The van der Waals surface area contributed by atoms with Crippen LogP contribution in [0.15, 0.2) is 24.3 Å². The molecule has 18 heavy (non-hydrogen) atoms. The van der Waals surface area contributed by atoms with Crippen molar-refractivity contribution in [2.45, 2.75) is 51.0 Å². The number of nitrogens with two attached hydrogens (primary N) is 1. The molecule has 1 aliphatic rings. The number of carbonyl (C=O) groups is 1. The summed E-state index contributed by atoms with van der Waals surface area (Å²) in [6.07, 6.45) is 7.08. The van der Waals surface area contributed by atoms with Gasteiger partial charge in [-0.2, -0.15) is 0 Å². The fraction of sp³-hybridized carbons (Fsp3) is 0.533. The molecule has 0 aliphatic heterocycles. The summed E-state index contributed by atoms with van der Waals surface area (Å²) in [5.41, 5.74) is 7.50. The summed E-state index contributed by atoms with van der Waals surface area (Å²) in [6, 6.07) is 7.65. The molecule has 0 amide bonds. The number of benzene rings is 1. The second-order valence-electron chi connectivity index (χ2n) is 4.99. The van der Waals surface area contributed by atoms with Crippen LogP contribution in [0.3, 0.4) is 0 Å². The molecular weight excluding hydrogens is 226 g/mol. The fourth-order valence-corrected chi connectivity index (χ4v) is 2.36. The number of esters is 1. The van der Waals surface area contributed by atoms with E-state index in [0.717, 1.165) is 30.5 Å². The SMILES string of the molecule is Nc1ccc(CCC(=O)OC2CCCCC2)cc1. The summed E-state index contributed by atoms with van der Waals surface area (Å²) in [5.74, 6) is -0.0706. The average molecular weight is 247 g/mol. The highest BCUT2D eigenvalue weighted by atomic mass is 16.5. The van der Waals surface area contributed by atoms with Gasteiger partial charge in [-0.05, 0) is 49.8 Å². The third-order valence-electron chi connectivity index (χ3n) is 3.45. The predicted molar refractivity (Wildman–Crippen MR) is 72.1 cm³/mol. The van der Waals surface area contributed by atoms with Crippen LogP contribution in [0.4, 0.5) is 5.69 Å². The summed E-state index contributed by atoms with van der Waals surface area (Å²) in [4.78, 5) is 11.7. The van der Waals surface area contributed by atoms with Crippen molar-refractivity contribution in [1.29, 1.82) is 0 Å². The summed E-state index contributed by atoms with van der Waals surface area (Å²) >= 11 is 0. The van der Waals surface area contributed by atoms with Crippen LogP contribution in [-0.2, 0) is 16.0 Å². The number of ether oxygens (including phenoxy) is 1. The van der Waals surface area contributed by atoms with E-state index >= 15 is 0 Å². The van der Waals surface area contributed by atoms with E-state index in [4.69, 9.17) is 10.5 Å². The molecule has 3 heteroatoms. The summed E-state index contributed by atoms with van der Waals surface area (Å²) in [5, 5.41) is 0. The van der Waals surface area contributed by atoms with Gasteiger partial charge >= 0.3 is 5.97 Å². The van der Waals surface area contributed by atoms with E-state index in [9.17, 15) is 4.79 Å². The molecule has 0 heterocycles. The van der Waals surface area contributed by atoms with E-state index in [1.807, 2.05) is 24.3 Å². The molecule has 2 rings (SSSR count). The van der Waals surface area contributed by atoms with Crippen LogP contribution in [0, 0.1) is 0 Å². The van der Waals surface area contributed by atoms with E-state index in [-0.39, 0.29) is 12.1 Å². The molecule has 2 N–H and O–H groups in total. The molecule has 0 bridgehead atoms. The van der Waals surface area contributed by atoms with Crippen LogP contribution in [0.5, 0.6) is 0 Å². The molecule has 0 atom stereocenters. The zero-order chi connectivity index (χ0) is 12.8. The highest BCUT2D eigenvalue weighted by molar-refractivity contribution is 5.70. The Morgan fingerprint density at radius 1 is 1.17 bits per heavy atom. The lowest BCUT2D eigenvalue weighted by Crippen LogP contribution is -2.21. The highest BCUT2D eigenvalue weighted by Gasteiger charge is 2.17. The Balaban J connectivity index is 1.72. The number of aryl methyl sites for hydroxylation is 1. The smallest absolute Gasteiger partial charge is 0.306 e. The Labute approximate surface area is 108 Å². The molecule has 0 aromatic heterocycles. The Hall–Kier alpha value is -1.51. The standard InChI is InChI=1S/C15H21NO2/c16-13-9-6-12(7-10-13)8-11-15(17)18-14-4-2-1-3-5-14/h6-7,9-10,14H,1-5,8,11,16H2. The number of anilines is 1. The zero-order valence-electron chi connectivity index (χ0n) is 10.7. The number of hydrogen-bond acceptors (Lipinski definition) is 3. The maximum absolute atomic E-state index is 11.7. The quantitative estimate of drug-likeness (QED) is 0.657. The third kappa shape index (κ3) is 4.06. The molecule has 0 unspecified atom stereocenters. The van der Waals surface area contributed by atoms with Crippen molar-refractivity contribution in [2.75, 3.05) is 5.73 Å². The van der Waals surface area contributed by atoms with Gasteiger partial charge in [0.2, 0.25) is 0 Å². The summed E-state index contributed by atoms with van der Waals surface area (Å²) < 4.78 is 5.47. The van der Waals surface area contributed by atoms with Crippen molar-refractivity contribution >= 4 is 11.7 Å². The van der Waals surface area contributed by atoms with E-state index in [2.05, 4.69) is 0 Å². The molecular formula is C15H21NO2. The van der Waals surface area contributed by atoms with E-state index in [1.165, 1.54) is 19.3 Å². The lowest BCUT2D eigenvalue weighted by Gasteiger charge is -2.21. The van der Waals surface area contributed by atoms with Crippen molar-refractivity contribution in [2.24, 2.45) is 0 Å². The third-order valence-corrected chi connectivity index (χ3v) is 3.45. The number of carbonyl (C=O) groups excluding carboxylic acids is 1. The minimum atomic E-state index is -0.0706. The largest absolute Gasteiger partial charge is 0.462 e. The monoisotopic (exact) mass is 247 g/mol. The lowest BCUT2D eigenvalue weighted by molar-refractivity contribution is -0.150. The van der Waals surface area contributed by atoms with Gasteiger partial charge in [0.05, 0.1) is 0 Å². The molecule has 0 spiro atoms. The zero-order valence-corrected chi connectivity index (χ0v) is 10.7. The van der Waals surface area contributed by atoms with Gasteiger partial charge in [0.1, 0.15) is 6.10 Å². The molecule has 98 valence electrons. The van der Waals surface area contributed by atoms with Crippen LogP contribution < -0.4 is 5.73 Å². The predicted octanol–water partition coefficient (Wildman–Crippen LogP) is 3.08. The van der Waals surface area contributed by atoms with Crippen molar-refractivity contribution in [3.8, 4) is 0 Å². The van der Waals surface area contributed by atoms with Gasteiger partial charge in [-0.1, -0.05) is 18.6 Å². The molecule has 1 aromatic carbocycles. The van der Waals surface area contributed by atoms with E-state index in [0.29, 0.717) is 6.42 Å². The van der Waals surface area contributed by atoms with Gasteiger partial charge in [-0.3, -0.25) is 4.79 Å². The molecule has 1 aromatic rings. The molecule has 0 radical (unpaired) electrons. The summed E-state index contributed by atoms with van der Waals surface area (Å²) in [6.45, 7) is 0. The fourth-order valence-electron chi connectivity index (χ4n) is 2.36. The van der Waals surface area contributed by atoms with Crippen LogP contribution >= 0.6 is 0 Å². The van der Waals surface area contributed by atoms with Crippen LogP contribution in [0.1, 0.15) is 44.1 Å².